The molecule has 0 atom stereocenters. The van der Waals surface area contributed by atoms with E-state index in [4.69, 9.17) is 14.7 Å². The molecule has 27 heavy (non-hydrogen) atoms. The molecule has 2 aliphatic heterocycles. The number of thioether (sulfide) groups is 1. The van der Waals surface area contributed by atoms with Crippen LogP contribution in [0.2, 0.25) is 0 Å². The molecular formula is C19H23N4O3S+. The highest BCUT2D eigenvalue weighted by molar-refractivity contribution is 8.18. The lowest BCUT2D eigenvalue weighted by molar-refractivity contribution is -0.903. The Morgan fingerprint density at radius 1 is 1.30 bits per heavy atom. The molecule has 7 nitrogen and oxygen atoms in total. The fraction of sp³-hybridized carbons (Fsp3) is 0.421. The first-order valence-electron chi connectivity index (χ1n) is 8.84. The third kappa shape index (κ3) is 4.62. The summed E-state index contributed by atoms with van der Waals surface area (Å²) >= 11 is 1.42. The number of carbonyl (C=O) groups excluding carboxylic acids is 1. The number of hydrogen-bond acceptors (Lipinski definition) is 6. The van der Waals surface area contributed by atoms with Gasteiger partial charge >= 0.3 is 0 Å². The molecule has 0 spiro atoms. The van der Waals surface area contributed by atoms with Crippen LogP contribution in [0.4, 0.5) is 0 Å². The molecule has 1 amide bonds. The summed E-state index contributed by atoms with van der Waals surface area (Å²) in [7, 11) is 3.18. The number of nitrogens with one attached hydrogen (secondary N) is 1. The van der Waals surface area contributed by atoms with E-state index < -0.39 is 0 Å². The van der Waals surface area contributed by atoms with Crippen molar-refractivity contribution in [3.63, 3.8) is 0 Å². The van der Waals surface area contributed by atoms with Crippen LogP contribution in [0.5, 0.6) is 11.5 Å². The Kier molecular flexibility index (Phi) is 6.37. The second-order valence-electron chi connectivity index (χ2n) is 6.32. The van der Waals surface area contributed by atoms with Gasteiger partial charge in [0.2, 0.25) is 0 Å². The van der Waals surface area contributed by atoms with Crippen LogP contribution in [-0.4, -0.2) is 62.9 Å². The third-order valence-corrected chi connectivity index (χ3v) is 5.69. The van der Waals surface area contributed by atoms with Gasteiger partial charge in [-0.05, 0) is 35.5 Å². The number of amides is 1. The molecule has 1 aromatic carbocycles. The molecule has 1 aromatic rings. The topological polar surface area (TPSA) is 79.4 Å². The first kappa shape index (κ1) is 19.3. The summed E-state index contributed by atoms with van der Waals surface area (Å²) < 4.78 is 10.6. The summed E-state index contributed by atoms with van der Waals surface area (Å²) in [6, 6.07) is 7.75. The molecule has 0 radical (unpaired) electrons. The number of methoxy groups -OCH3 is 2. The quantitative estimate of drug-likeness (QED) is 0.753. The first-order chi connectivity index (χ1) is 13.1. The number of ether oxygens (including phenoxy) is 2. The van der Waals surface area contributed by atoms with Gasteiger partial charge in [0, 0.05) is 0 Å². The van der Waals surface area contributed by atoms with Gasteiger partial charge in [0.05, 0.1) is 64.3 Å². The molecule has 0 bridgehead atoms. The van der Waals surface area contributed by atoms with Gasteiger partial charge in [-0.3, -0.25) is 4.79 Å². The van der Waals surface area contributed by atoms with Gasteiger partial charge < -0.3 is 19.3 Å². The number of benzene rings is 1. The van der Waals surface area contributed by atoms with Crippen LogP contribution in [0.25, 0.3) is 6.08 Å². The van der Waals surface area contributed by atoms with Crippen molar-refractivity contribution in [3.8, 4) is 17.6 Å². The molecule has 1 saturated heterocycles. The lowest BCUT2D eigenvalue weighted by Crippen LogP contribution is -3.14. The minimum atomic E-state index is -0.205. The number of piperazine rings is 1. The average molecular weight is 387 g/mol. The molecule has 0 aromatic heterocycles. The van der Waals surface area contributed by atoms with Gasteiger partial charge in [0.25, 0.3) is 5.91 Å². The van der Waals surface area contributed by atoms with Gasteiger partial charge in [0.15, 0.2) is 16.7 Å². The summed E-state index contributed by atoms with van der Waals surface area (Å²) in [4.78, 5) is 20.8. The highest BCUT2D eigenvalue weighted by Gasteiger charge is 2.29. The third-order valence-electron chi connectivity index (χ3n) is 4.65. The van der Waals surface area contributed by atoms with Crippen LogP contribution < -0.4 is 14.4 Å². The van der Waals surface area contributed by atoms with E-state index in [-0.39, 0.29) is 5.91 Å². The van der Waals surface area contributed by atoms with E-state index in [2.05, 4.69) is 16.0 Å². The van der Waals surface area contributed by atoms with E-state index in [0.717, 1.165) is 43.5 Å². The smallest absolute Gasteiger partial charge is 0.286 e. The molecule has 1 N–H and O–H groups in total. The van der Waals surface area contributed by atoms with Crippen LogP contribution >= 0.6 is 11.8 Å². The van der Waals surface area contributed by atoms with E-state index >= 15 is 0 Å². The number of amidine groups is 1. The fourth-order valence-corrected chi connectivity index (χ4v) is 4.09. The monoisotopic (exact) mass is 387 g/mol. The van der Waals surface area contributed by atoms with Crippen molar-refractivity contribution < 1.29 is 19.2 Å². The Labute approximate surface area is 163 Å². The molecule has 0 unspecified atom stereocenters. The zero-order chi connectivity index (χ0) is 19.2. The molecule has 1 fully saturated rings. The number of nitrogens with zero attached hydrogens (tertiary/aromatic N) is 3. The Hall–Kier alpha value is -2.50. The maximum Gasteiger partial charge on any atom is 0.286 e. The summed E-state index contributed by atoms with van der Waals surface area (Å²) in [6.07, 6.45) is 2.42. The van der Waals surface area contributed by atoms with E-state index in [1.807, 2.05) is 24.3 Å². The second kappa shape index (κ2) is 8.93. The summed E-state index contributed by atoms with van der Waals surface area (Å²) in [5.41, 5.74) is 0.866. The lowest BCUT2D eigenvalue weighted by Gasteiger charge is -2.32. The predicted octanol–water partition coefficient (Wildman–Crippen LogP) is 0.788. The Morgan fingerprint density at radius 2 is 2.04 bits per heavy atom. The van der Waals surface area contributed by atoms with Crippen molar-refractivity contribution in [2.24, 2.45) is 4.99 Å². The fourth-order valence-electron chi connectivity index (χ4n) is 3.12. The van der Waals surface area contributed by atoms with Gasteiger partial charge in [-0.15, -0.1) is 0 Å². The largest absolute Gasteiger partial charge is 0.493 e. The SMILES string of the molecule is COc1ccc(/C=C2\SC(N3CC[NH+](CCC#N)CC3)=NC2=O)cc1OC. The van der Waals surface area contributed by atoms with E-state index in [0.29, 0.717) is 22.8 Å². The summed E-state index contributed by atoms with van der Waals surface area (Å²) in [6.45, 7) is 4.51. The summed E-state index contributed by atoms with van der Waals surface area (Å²) in [5, 5.41) is 9.48. The first-order valence-corrected chi connectivity index (χ1v) is 9.66. The number of nitriles is 1. The Balaban J connectivity index is 1.64. The normalized spacial score (nSPS) is 19.1. The lowest BCUT2D eigenvalue weighted by atomic mass is 10.2. The maximum absolute atomic E-state index is 12.3. The zero-order valence-corrected chi connectivity index (χ0v) is 16.3. The van der Waals surface area contributed by atoms with Crippen molar-refractivity contribution >= 4 is 28.9 Å². The van der Waals surface area contributed by atoms with Gasteiger partial charge in [-0.25, -0.2) is 0 Å². The van der Waals surface area contributed by atoms with Crippen molar-refractivity contribution in [2.45, 2.75) is 6.42 Å². The highest BCUT2D eigenvalue weighted by Crippen LogP contribution is 2.33. The van der Waals surface area contributed by atoms with E-state index in [9.17, 15) is 4.79 Å². The standard InChI is InChI=1S/C19H22N4O3S/c1-25-15-5-4-14(12-16(15)26-2)13-17-18(24)21-19(27-17)23-10-8-22(9-11-23)7-3-6-20/h4-5,12-13H,3,7-11H2,1-2H3/p+1/b17-13-. The van der Waals surface area contributed by atoms with Crippen LogP contribution in [0.15, 0.2) is 28.1 Å². The predicted molar refractivity (Wildman–Crippen MR) is 105 cm³/mol. The molecule has 142 valence electrons. The van der Waals surface area contributed by atoms with Crippen molar-refractivity contribution in [1.29, 1.82) is 5.26 Å². The Bertz CT molecular complexity index is 808. The van der Waals surface area contributed by atoms with Crippen LogP contribution in [0.1, 0.15) is 12.0 Å². The van der Waals surface area contributed by atoms with Crippen molar-refractivity contribution in [1.82, 2.24) is 4.90 Å². The minimum absolute atomic E-state index is 0.205. The molecule has 2 aliphatic rings. The number of rotatable bonds is 5. The zero-order valence-electron chi connectivity index (χ0n) is 15.5. The van der Waals surface area contributed by atoms with Gasteiger partial charge in [-0.1, -0.05) is 6.07 Å². The Morgan fingerprint density at radius 3 is 2.70 bits per heavy atom. The van der Waals surface area contributed by atoms with Crippen LogP contribution in [0, 0.1) is 11.3 Å². The van der Waals surface area contributed by atoms with Crippen molar-refractivity contribution in [2.75, 3.05) is 46.9 Å². The average Bonchev–Trinajstić information content (AvgIpc) is 3.07. The highest BCUT2D eigenvalue weighted by atomic mass is 32.2. The van der Waals surface area contributed by atoms with E-state index in [1.54, 1.807) is 14.2 Å². The molecular weight excluding hydrogens is 364 g/mol. The summed E-state index contributed by atoms with van der Waals surface area (Å²) in [5.74, 6) is 1.07. The van der Waals surface area contributed by atoms with Gasteiger partial charge in [-0.2, -0.15) is 10.3 Å². The van der Waals surface area contributed by atoms with E-state index in [1.165, 1.54) is 16.7 Å². The molecule has 8 heteroatoms. The van der Waals surface area contributed by atoms with Gasteiger partial charge in [0.1, 0.15) is 0 Å². The second-order valence-corrected chi connectivity index (χ2v) is 7.33. The number of hydrogen-bond donors (Lipinski definition) is 1. The number of carbonyl (C=O) groups is 1. The van der Waals surface area contributed by atoms with Crippen LogP contribution in [-0.2, 0) is 4.79 Å². The maximum atomic E-state index is 12.3. The number of quaternary nitrogens is 1. The minimum Gasteiger partial charge on any atom is -0.493 e. The molecule has 3 rings (SSSR count). The number of aliphatic imine (C=N–C) groups is 1. The van der Waals surface area contributed by atoms with Crippen molar-refractivity contribution in [3.05, 3.63) is 28.7 Å². The van der Waals surface area contributed by atoms with Crippen LogP contribution in [0.3, 0.4) is 0 Å². The molecule has 2 heterocycles. The molecule has 0 saturated carbocycles. The molecule has 0 aliphatic carbocycles.